The number of benzene rings is 4. The van der Waals surface area contributed by atoms with Crippen LogP contribution in [0.5, 0.6) is 0 Å². The fraction of sp³-hybridized carbons (Fsp3) is 0.440. The molecule has 2 unspecified atom stereocenters. The maximum absolute atomic E-state index is 14.1. The number of rotatable bonds is 14. The van der Waals surface area contributed by atoms with Crippen LogP contribution in [-0.4, -0.2) is 9.52 Å². The molecule has 0 amide bonds. The molecule has 0 N–H and O–H groups in total. The van der Waals surface area contributed by atoms with Gasteiger partial charge in [0.2, 0.25) is 0 Å². The van der Waals surface area contributed by atoms with Gasteiger partial charge in [0.25, 0.3) is 0 Å². The summed E-state index contributed by atoms with van der Waals surface area (Å²) >= 11 is 0. The second-order valence-corrected chi connectivity index (χ2v) is 19.8. The molecule has 0 radical (unpaired) electrons. The Bertz CT molecular complexity index is 2140. The fourth-order valence-corrected chi connectivity index (χ4v) is 12.1. The second-order valence-electron chi connectivity index (χ2n) is 18.0. The minimum Gasteiger partial charge on any atom is -0.166 e. The summed E-state index contributed by atoms with van der Waals surface area (Å²) in [5.74, 6) is 0.155. The molecule has 0 saturated carbocycles. The lowest BCUT2D eigenvalue weighted by molar-refractivity contribution is -0.144. The summed E-state index contributed by atoms with van der Waals surface area (Å²) < 4.78 is 169. The van der Waals surface area contributed by atoms with Crippen molar-refractivity contribution in [3.63, 3.8) is 0 Å². The lowest BCUT2D eigenvalue weighted by Gasteiger charge is -2.23. The van der Waals surface area contributed by atoms with Crippen molar-refractivity contribution in [2.75, 3.05) is 0 Å². The molecule has 0 spiro atoms. The molecule has 0 saturated heterocycles. The molecule has 0 aromatic heterocycles. The first kappa shape index (κ1) is 48.2. The second kappa shape index (κ2) is 18.3. The molecule has 0 aliphatic heterocycles. The van der Waals surface area contributed by atoms with Gasteiger partial charge in [-0.15, -0.1) is 0 Å². The third kappa shape index (κ3) is 10.7. The number of allylic oxidation sites excluding steroid dienone is 2. The van der Waals surface area contributed by atoms with Crippen molar-refractivity contribution < 1.29 is 52.7 Å². The van der Waals surface area contributed by atoms with Gasteiger partial charge in [0.1, 0.15) is 0 Å². The average molecular weight is 909 g/mol. The molecule has 340 valence electrons. The Kier molecular flexibility index (Phi) is 14.0. The molecule has 2 aliphatic carbocycles. The molecular weight excluding hydrogens is 857 g/mol. The van der Waals surface area contributed by atoms with Gasteiger partial charge in [-0.25, -0.2) is 0 Å². The van der Waals surface area contributed by atoms with Gasteiger partial charge >= 0.3 is 24.7 Å². The van der Waals surface area contributed by atoms with E-state index in [1.165, 1.54) is 0 Å². The smallest absolute Gasteiger partial charge is 0.166 e. The van der Waals surface area contributed by atoms with Crippen LogP contribution in [0.15, 0.2) is 71.8 Å². The first-order chi connectivity index (χ1) is 29.3. The van der Waals surface area contributed by atoms with Crippen LogP contribution in [0, 0.1) is 11.8 Å². The average Bonchev–Trinajstić information content (AvgIpc) is 3.68. The number of alkyl halides is 12. The number of hydrogen-bond acceptors (Lipinski definition) is 0. The monoisotopic (exact) mass is 908 g/mol. The zero-order chi connectivity index (χ0) is 46.4. The third-order valence-electron chi connectivity index (χ3n) is 12.1. The van der Waals surface area contributed by atoms with E-state index in [1.54, 1.807) is 0 Å². The zero-order valence-electron chi connectivity index (χ0n) is 36.1. The molecule has 6 rings (SSSR count). The van der Waals surface area contributed by atoms with E-state index in [2.05, 4.69) is 27.7 Å². The minimum atomic E-state index is -5.01. The maximum Gasteiger partial charge on any atom is 0.416 e. The van der Waals surface area contributed by atoms with E-state index in [1.807, 2.05) is 50.3 Å². The number of aryl methyl sites for hydroxylation is 2. The van der Waals surface area contributed by atoms with Crippen LogP contribution in [-0.2, 0) is 37.5 Å². The van der Waals surface area contributed by atoms with Gasteiger partial charge in [-0.3, -0.25) is 0 Å². The highest BCUT2D eigenvalue weighted by molar-refractivity contribution is 6.36. The quantitative estimate of drug-likeness (QED) is 0.0874. The Morgan fingerprint density at radius 2 is 0.794 bits per heavy atom. The van der Waals surface area contributed by atoms with Crippen LogP contribution in [0.25, 0.3) is 34.4 Å². The Morgan fingerprint density at radius 3 is 1.06 bits per heavy atom. The van der Waals surface area contributed by atoms with Crippen LogP contribution < -0.4 is 0 Å². The van der Waals surface area contributed by atoms with Crippen molar-refractivity contribution in [3.05, 3.63) is 127 Å². The predicted octanol–water partition coefficient (Wildman–Crippen LogP) is 16.8. The predicted molar refractivity (Wildman–Crippen MR) is 230 cm³/mol. The number of fused-ring (bicyclic) bond motifs is 2. The molecule has 0 fully saturated rings. The molecule has 13 heteroatoms. The van der Waals surface area contributed by atoms with Gasteiger partial charge in [0.05, 0.1) is 22.3 Å². The highest BCUT2D eigenvalue weighted by atomic mass is 28.2. The van der Waals surface area contributed by atoms with Gasteiger partial charge < -0.3 is 0 Å². The molecule has 0 nitrogen and oxygen atoms in total. The highest BCUT2D eigenvalue weighted by Gasteiger charge is 2.40. The lowest BCUT2D eigenvalue weighted by atomic mass is 9.86. The van der Waals surface area contributed by atoms with Crippen molar-refractivity contribution in [3.8, 4) is 22.3 Å². The summed E-state index contributed by atoms with van der Waals surface area (Å²) in [4.78, 5) is 0. The Labute approximate surface area is 363 Å². The highest BCUT2D eigenvalue weighted by Crippen LogP contribution is 2.51. The summed E-state index contributed by atoms with van der Waals surface area (Å²) in [5.41, 5.74) is 1.44. The van der Waals surface area contributed by atoms with Crippen molar-refractivity contribution >= 4 is 21.7 Å². The van der Waals surface area contributed by atoms with E-state index in [0.29, 0.717) is 71.9 Å². The Morgan fingerprint density at radius 1 is 0.476 bits per heavy atom. The molecule has 0 bridgehead atoms. The van der Waals surface area contributed by atoms with E-state index in [0.717, 1.165) is 58.6 Å². The van der Waals surface area contributed by atoms with Gasteiger partial charge in [0.15, 0.2) is 0 Å². The normalized spacial score (nSPS) is 17.0. The Hall–Kier alpha value is -4.26. The van der Waals surface area contributed by atoms with Gasteiger partial charge in [-0.2, -0.15) is 52.7 Å². The van der Waals surface area contributed by atoms with E-state index in [4.69, 9.17) is 0 Å². The van der Waals surface area contributed by atoms with Gasteiger partial charge in [0, 0.05) is 21.4 Å². The first-order valence-electron chi connectivity index (χ1n) is 21.6. The molecule has 0 heterocycles. The summed E-state index contributed by atoms with van der Waals surface area (Å²) in [6.07, 6.45) is -12.7. The van der Waals surface area contributed by atoms with Crippen molar-refractivity contribution in [1.82, 2.24) is 0 Å². The van der Waals surface area contributed by atoms with Gasteiger partial charge in [-0.1, -0.05) is 114 Å². The summed E-state index contributed by atoms with van der Waals surface area (Å²) in [6, 6.07) is 12.6. The minimum absolute atomic E-state index is 0.122. The molecule has 4 aromatic carbocycles. The van der Waals surface area contributed by atoms with E-state index >= 15 is 0 Å². The van der Waals surface area contributed by atoms with E-state index in [-0.39, 0.29) is 46.9 Å². The molecule has 2 atom stereocenters. The SMILES string of the molecule is CCCc1ccc2c(c1-c1cc(C(F)(F)F)cc(C(F)(F)F)c1)C=C(CC(C)C)C2C[SiH2]CC1C(CC(C)C)=Cc2c1ccc(CCC)c2-c1cc(C(F)(F)F)cc(C(F)(F)F)c1. The van der Waals surface area contributed by atoms with E-state index in [9.17, 15) is 52.7 Å². The molecular formula is C50H52F12Si. The largest absolute Gasteiger partial charge is 0.416 e. The lowest BCUT2D eigenvalue weighted by Crippen LogP contribution is -2.12. The number of hydrogen-bond donors (Lipinski definition) is 0. The van der Waals surface area contributed by atoms with Crippen LogP contribution in [0.1, 0.15) is 135 Å². The van der Waals surface area contributed by atoms with Crippen molar-refractivity contribution in [2.24, 2.45) is 11.8 Å². The summed E-state index contributed by atoms with van der Waals surface area (Å²) in [7, 11) is -1.02. The molecule has 4 aromatic rings. The van der Waals surface area contributed by atoms with Crippen LogP contribution in [0.2, 0.25) is 12.1 Å². The zero-order valence-corrected chi connectivity index (χ0v) is 37.6. The molecule has 2 aliphatic rings. The Balaban J connectivity index is 1.42. The topological polar surface area (TPSA) is 0 Å². The third-order valence-corrected chi connectivity index (χ3v) is 14.1. The van der Waals surface area contributed by atoms with Crippen LogP contribution in [0.4, 0.5) is 52.7 Å². The van der Waals surface area contributed by atoms with Gasteiger partial charge in [-0.05, 0) is 130 Å². The van der Waals surface area contributed by atoms with E-state index < -0.39 is 56.5 Å². The maximum atomic E-state index is 14.1. The van der Waals surface area contributed by atoms with Crippen molar-refractivity contribution in [1.29, 1.82) is 0 Å². The van der Waals surface area contributed by atoms with Crippen LogP contribution in [0.3, 0.4) is 0 Å². The molecule has 63 heavy (non-hydrogen) atoms. The fourth-order valence-electron chi connectivity index (χ4n) is 9.64. The standard InChI is InChI=1S/C50H52F12Si/c1-7-9-29-11-13-39-41(45(29)33-17-35(47(51,52)53)23-36(18-33)48(54,55)56)21-31(15-27(3)4)43(39)25-63-26-44-32(16-28(5)6)22-42-40(44)14-12-30(10-8-2)46(42)34-19-37(49(57,58)59)24-38(20-34)50(60,61)62/h11-14,17-24,27-28,43-44H,7-10,15-16,25-26,63H2,1-6H3. The first-order valence-corrected chi connectivity index (χ1v) is 23.6. The summed E-state index contributed by atoms with van der Waals surface area (Å²) in [6.45, 7) is 12.0. The van der Waals surface area contributed by atoms with Crippen molar-refractivity contribution in [2.45, 2.75) is 129 Å². The summed E-state index contributed by atoms with van der Waals surface area (Å²) in [5, 5.41) is 0. The number of halogens is 12. The van der Waals surface area contributed by atoms with Crippen LogP contribution >= 0.6 is 0 Å².